The topological polar surface area (TPSA) is 81.9 Å². The lowest BCUT2D eigenvalue weighted by molar-refractivity contribution is -0.142. The molecule has 0 unspecified atom stereocenters. The normalized spacial score (nSPS) is 18.4. The molecule has 3 aromatic rings. The summed E-state index contributed by atoms with van der Waals surface area (Å²) in [7, 11) is 0. The number of pyridine rings is 1. The SMILES string of the molecule is CCOC(=O)[C@@H]1Sc2nnc(-c3cccnc3)n2N[C@@H]1c1ccc(Cl)cc1. The third kappa shape index (κ3) is 3.50. The lowest BCUT2D eigenvalue weighted by Crippen LogP contribution is -2.39. The second-order valence-electron chi connectivity index (χ2n) is 5.83. The van der Waals surface area contributed by atoms with Crippen LogP contribution in [0.15, 0.2) is 53.9 Å². The van der Waals surface area contributed by atoms with E-state index in [2.05, 4.69) is 20.6 Å². The van der Waals surface area contributed by atoms with Crippen molar-refractivity contribution < 1.29 is 9.53 Å². The Balaban J connectivity index is 1.75. The molecule has 1 aromatic carbocycles. The highest BCUT2D eigenvalue weighted by Gasteiger charge is 2.38. The fraction of sp³-hybridized carbons (Fsp3) is 0.222. The van der Waals surface area contributed by atoms with Gasteiger partial charge in [0.25, 0.3) is 0 Å². The highest BCUT2D eigenvalue weighted by Crippen LogP contribution is 2.39. The molecule has 0 aliphatic carbocycles. The van der Waals surface area contributed by atoms with Crippen molar-refractivity contribution in [2.45, 2.75) is 23.4 Å². The number of thioether (sulfide) groups is 1. The fourth-order valence-corrected chi connectivity index (χ4v) is 4.07. The molecule has 0 radical (unpaired) electrons. The Morgan fingerprint density at radius 2 is 2.11 bits per heavy atom. The zero-order valence-electron chi connectivity index (χ0n) is 14.4. The summed E-state index contributed by atoms with van der Waals surface area (Å²) in [6, 6.07) is 10.8. The van der Waals surface area contributed by atoms with Gasteiger partial charge in [0.05, 0.1) is 12.6 Å². The molecule has 0 saturated carbocycles. The molecule has 3 heterocycles. The van der Waals surface area contributed by atoms with Crippen molar-refractivity contribution in [1.29, 1.82) is 0 Å². The van der Waals surface area contributed by atoms with Crippen molar-refractivity contribution in [3.63, 3.8) is 0 Å². The zero-order chi connectivity index (χ0) is 18.8. The van der Waals surface area contributed by atoms with Gasteiger partial charge in [-0.1, -0.05) is 35.5 Å². The lowest BCUT2D eigenvalue weighted by atomic mass is 10.0. The van der Waals surface area contributed by atoms with E-state index < -0.39 is 5.25 Å². The number of nitrogens with one attached hydrogen (secondary N) is 1. The van der Waals surface area contributed by atoms with Gasteiger partial charge in [-0.25, -0.2) is 4.68 Å². The Hall–Kier alpha value is -2.58. The minimum atomic E-state index is -0.496. The molecule has 0 spiro atoms. The molecule has 0 bridgehead atoms. The maximum absolute atomic E-state index is 12.6. The smallest absolute Gasteiger partial charge is 0.322 e. The van der Waals surface area contributed by atoms with Gasteiger partial charge in [-0.2, -0.15) is 0 Å². The van der Waals surface area contributed by atoms with Gasteiger partial charge in [0, 0.05) is 23.0 Å². The summed E-state index contributed by atoms with van der Waals surface area (Å²) < 4.78 is 7.06. The van der Waals surface area contributed by atoms with E-state index in [1.807, 2.05) is 24.3 Å². The first-order valence-corrected chi connectivity index (χ1v) is 9.64. The maximum atomic E-state index is 12.6. The molecule has 0 fully saturated rings. The molecule has 2 atom stereocenters. The van der Waals surface area contributed by atoms with E-state index in [1.165, 1.54) is 11.8 Å². The Kier molecular flexibility index (Phi) is 5.00. The summed E-state index contributed by atoms with van der Waals surface area (Å²) in [6.07, 6.45) is 3.42. The monoisotopic (exact) mass is 401 g/mol. The van der Waals surface area contributed by atoms with Gasteiger partial charge in [0.2, 0.25) is 5.16 Å². The molecule has 1 aliphatic heterocycles. The number of esters is 1. The quantitative estimate of drug-likeness (QED) is 0.671. The number of nitrogens with zero attached hydrogens (tertiary/aromatic N) is 4. The van der Waals surface area contributed by atoms with Gasteiger partial charge in [-0.3, -0.25) is 9.78 Å². The Morgan fingerprint density at radius 1 is 1.30 bits per heavy atom. The third-order valence-corrected chi connectivity index (χ3v) is 5.55. The second-order valence-corrected chi connectivity index (χ2v) is 7.38. The molecular weight excluding hydrogens is 386 g/mol. The van der Waals surface area contributed by atoms with Crippen LogP contribution in [-0.2, 0) is 9.53 Å². The number of ether oxygens (including phenoxy) is 1. The van der Waals surface area contributed by atoms with Crippen LogP contribution in [0.3, 0.4) is 0 Å². The van der Waals surface area contributed by atoms with Gasteiger partial charge in [0.1, 0.15) is 5.25 Å². The number of aromatic nitrogens is 4. The molecule has 27 heavy (non-hydrogen) atoms. The first-order valence-electron chi connectivity index (χ1n) is 8.38. The first kappa shape index (κ1) is 17.8. The summed E-state index contributed by atoms with van der Waals surface area (Å²) in [5.74, 6) is 0.332. The van der Waals surface area contributed by atoms with Crippen molar-refractivity contribution >= 4 is 29.3 Å². The molecule has 0 saturated heterocycles. The third-order valence-electron chi connectivity index (χ3n) is 4.10. The van der Waals surface area contributed by atoms with Crippen LogP contribution in [0.25, 0.3) is 11.4 Å². The Labute approximate surface area is 165 Å². The second kappa shape index (κ2) is 7.58. The van der Waals surface area contributed by atoms with Crippen LogP contribution >= 0.6 is 23.4 Å². The van der Waals surface area contributed by atoms with E-state index in [4.69, 9.17) is 16.3 Å². The van der Waals surface area contributed by atoms with Crippen molar-refractivity contribution in [1.82, 2.24) is 19.9 Å². The van der Waals surface area contributed by atoms with Crippen molar-refractivity contribution in [2.75, 3.05) is 12.0 Å². The summed E-state index contributed by atoms with van der Waals surface area (Å²) >= 11 is 7.35. The van der Waals surface area contributed by atoms with Crippen LogP contribution in [0.5, 0.6) is 0 Å². The van der Waals surface area contributed by atoms with Gasteiger partial charge in [-0.05, 0) is 36.8 Å². The van der Waals surface area contributed by atoms with Crippen molar-refractivity contribution in [2.24, 2.45) is 0 Å². The van der Waals surface area contributed by atoms with Gasteiger partial charge < -0.3 is 10.2 Å². The number of benzene rings is 1. The minimum Gasteiger partial charge on any atom is -0.465 e. The van der Waals surface area contributed by atoms with E-state index >= 15 is 0 Å². The number of carbonyl (C=O) groups excluding carboxylic acids is 1. The maximum Gasteiger partial charge on any atom is 0.322 e. The molecule has 0 amide bonds. The van der Waals surface area contributed by atoms with E-state index in [0.29, 0.717) is 22.6 Å². The molecule has 1 aliphatic rings. The predicted octanol–water partition coefficient (Wildman–Crippen LogP) is 3.32. The van der Waals surface area contributed by atoms with Crippen molar-refractivity contribution in [3.8, 4) is 11.4 Å². The zero-order valence-corrected chi connectivity index (χ0v) is 15.9. The number of rotatable bonds is 4. The average Bonchev–Trinajstić information content (AvgIpc) is 3.11. The fourth-order valence-electron chi connectivity index (χ4n) is 2.86. The molecule has 1 N–H and O–H groups in total. The van der Waals surface area contributed by atoms with Crippen LogP contribution in [0, 0.1) is 0 Å². The summed E-state index contributed by atoms with van der Waals surface area (Å²) in [5.41, 5.74) is 5.11. The molecule has 7 nitrogen and oxygen atoms in total. The number of hydrogen-bond acceptors (Lipinski definition) is 7. The molecule has 4 rings (SSSR count). The molecular formula is C18H16ClN5O2S. The minimum absolute atomic E-state index is 0.299. The number of halogens is 1. The van der Waals surface area contributed by atoms with E-state index in [0.717, 1.165) is 11.1 Å². The van der Waals surface area contributed by atoms with Crippen LogP contribution in [0.1, 0.15) is 18.5 Å². The highest BCUT2D eigenvalue weighted by molar-refractivity contribution is 8.00. The predicted molar refractivity (Wildman–Crippen MR) is 103 cm³/mol. The van der Waals surface area contributed by atoms with Crippen LogP contribution < -0.4 is 5.43 Å². The molecule has 2 aromatic heterocycles. The highest BCUT2D eigenvalue weighted by atomic mass is 35.5. The van der Waals surface area contributed by atoms with Gasteiger partial charge in [-0.15, -0.1) is 10.2 Å². The van der Waals surface area contributed by atoms with Gasteiger partial charge in [0.15, 0.2) is 5.82 Å². The van der Waals surface area contributed by atoms with Gasteiger partial charge >= 0.3 is 5.97 Å². The van der Waals surface area contributed by atoms with E-state index in [1.54, 1.807) is 36.1 Å². The van der Waals surface area contributed by atoms with E-state index in [-0.39, 0.29) is 12.0 Å². The number of hydrogen-bond donors (Lipinski definition) is 1. The lowest BCUT2D eigenvalue weighted by Gasteiger charge is -2.32. The number of carbonyl (C=O) groups is 1. The number of fused-ring (bicyclic) bond motifs is 1. The Bertz CT molecular complexity index is 948. The average molecular weight is 402 g/mol. The van der Waals surface area contributed by atoms with Crippen LogP contribution in [0.4, 0.5) is 0 Å². The molecule has 9 heteroatoms. The summed E-state index contributed by atoms with van der Waals surface area (Å²) in [6.45, 7) is 2.11. The Morgan fingerprint density at radius 3 is 2.81 bits per heavy atom. The summed E-state index contributed by atoms with van der Waals surface area (Å²) in [5, 5.41) is 9.23. The molecule has 138 valence electrons. The van der Waals surface area contributed by atoms with Crippen LogP contribution in [0.2, 0.25) is 5.02 Å². The summed E-state index contributed by atoms with van der Waals surface area (Å²) in [4.78, 5) is 16.7. The van der Waals surface area contributed by atoms with Crippen LogP contribution in [-0.4, -0.2) is 37.7 Å². The van der Waals surface area contributed by atoms with Crippen molar-refractivity contribution in [3.05, 3.63) is 59.4 Å². The standard InChI is InChI=1S/C18H16ClN5O2S/c1-2-26-17(25)15-14(11-5-7-13(19)8-6-11)23-24-16(21-22-18(24)27-15)12-4-3-9-20-10-12/h3-10,14-15,23H,2H2,1H3/t14-,15-/m1/s1. The van der Waals surface area contributed by atoms with E-state index in [9.17, 15) is 4.79 Å². The first-order chi connectivity index (χ1) is 13.2. The largest absolute Gasteiger partial charge is 0.465 e.